The lowest BCUT2D eigenvalue weighted by molar-refractivity contribution is 0.658. The summed E-state index contributed by atoms with van der Waals surface area (Å²) >= 11 is 2.84. The van der Waals surface area contributed by atoms with Crippen LogP contribution in [0.3, 0.4) is 0 Å². The van der Waals surface area contributed by atoms with E-state index in [0.29, 0.717) is 39.0 Å². The van der Waals surface area contributed by atoms with Gasteiger partial charge in [-0.25, -0.2) is 9.97 Å². The van der Waals surface area contributed by atoms with E-state index < -0.39 is 0 Å². The van der Waals surface area contributed by atoms with Gasteiger partial charge in [0.05, 0.1) is 23.1 Å². The summed E-state index contributed by atoms with van der Waals surface area (Å²) in [4.78, 5) is 35.5. The minimum atomic E-state index is -0.106. The van der Waals surface area contributed by atoms with Crippen LogP contribution in [0.25, 0.3) is 15.9 Å². The number of fused-ring (bicyclic) bond motifs is 2. The van der Waals surface area contributed by atoms with Gasteiger partial charge in [-0.2, -0.15) is 0 Å². The molecule has 0 amide bonds. The van der Waals surface area contributed by atoms with E-state index in [-0.39, 0.29) is 11.1 Å². The SMILES string of the molecule is Cc1ccc(Cn2c(SCc3cc(=O)n4ccsc4n3)nc3ccccc3c2=O)cc1. The van der Waals surface area contributed by atoms with Crippen LogP contribution in [0.4, 0.5) is 0 Å². The maximum Gasteiger partial charge on any atom is 0.262 e. The number of aromatic nitrogens is 4. The number of thioether (sulfide) groups is 1. The Bertz CT molecular complexity index is 1520. The highest BCUT2D eigenvalue weighted by molar-refractivity contribution is 7.98. The van der Waals surface area contributed by atoms with Crippen molar-refractivity contribution in [3.8, 4) is 0 Å². The first-order valence-electron chi connectivity index (χ1n) is 9.72. The highest BCUT2D eigenvalue weighted by Crippen LogP contribution is 2.22. The summed E-state index contributed by atoms with van der Waals surface area (Å²) in [6.45, 7) is 2.47. The molecule has 0 saturated heterocycles. The van der Waals surface area contributed by atoms with Gasteiger partial charge in [0, 0.05) is 23.4 Å². The fourth-order valence-electron chi connectivity index (χ4n) is 3.37. The lowest BCUT2D eigenvalue weighted by Crippen LogP contribution is -2.24. The minimum absolute atomic E-state index is 0.0737. The molecule has 0 atom stereocenters. The van der Waals surface area contributed by atoms with Crippen LogP contribution < -0.4 is 11.1 Å². The predicted molar refractivity (Wildman–Crippen MR) is 125 cm³/mol. The molecule has 0 aliphatic rings. The molecular formula is C23H18N4O2S2. The molecule has 8 heteroatoms. The average molecular weight is 447 g/mol. The Morgan fingerprint density at radius 1 is 1.03 bits per heavy atom. The number of hydrogen-bond acceptors (Lipinski definition) is 6. The number of hydrogen-bond donors (Lipinski definition) is 0. The number of para-hydroxylation sites is 1. The van der Waals surface area contributed by atoms with Gasteiger partial charge in [0.15, 0.2) is 10.1 Å². The molecule has 3 heterocycles. The van der Waals surface area contributed by atoms with E-state index in [9.17, 15) is 9.59 Å². The summed E-state index contributed by atoms with van der Waals surface area (Å²) in [5.41, 5.74) is 3.35. The first kappa shape index (κ1) is 19.7. The van der Waals surface area contributed by atoms with Crippen LogP contribution in [0.15, 0.2) is 80.9 Å². The van der Waals surface area contributed by atoms with Crippen molar-refractivity contribution in [3.05, 3.63) is 104 Å². The standard InChI is InChI=1S/C23H18N4O2S2/c1-15-6-8-16(9-7-15)13-27-21(29)18-4-2-3-5-19(18)25-23(27)31-14-17-12-20(28)26-10-11-30-22(26)24-17/h2-12H,13-14H2,1H3. The van der Waals surface area contributed by atoms with Crippen molar-refractivity contribution in [2.75, 3.05) is 0 Å². The van der Waals surface area contributed by atoms with Gasteiger partial charge in [-0.1, -0.05) is 53.7 Å². The zero-order chi connectivity index (χ0) is 21.4. The normalized spacial score (nSPS) is 11.4. The molecule has 0 saturated carbocycles. The second kappa shape index (κ2) is 8.13. The first-order chi connectivity index (χ1) is 15.1. The van der Waals surface area contributed by atoms with Crippen molar-refractivity contribution < 1.29 is 0 Å². The molecule has 31 heavy (non-hydrogen) atoms. The number of rotatable bonds is 5. The molecule has 0 fully saturated rings. The number of thiazole rings is 1. The molecule has 5 aromatic rings. The summed E-state index contributed by atoms with van der Waals surface area (Å²) in [6, 6.07) is 17.0. The van der Waals surface area contributed by atoms with Crippen molar-refractivity contribution >= 4 is 39.0 Å². The topological polar surface area (TPSA) is 69.3 Å². The molecule has 0 spiro atoms. The second-order valence-corrected chi connectivity index (χ2v) is 9.03. The number of benzene rings is 2. The lowest BCUT2D eigenvalue weighted by atomic mass is 10.1. The highest BCUT2D eigenvalue weighted by atomic mass is 32.2. The van der Waals surface area contributed by atoms with Crippen LogP contribution in [0.1, 0.15) is 16.8 Å². The van der Waals surface area contributed by atoms with Crippen LogP contribution in [0.5, 0.6) is 0 Å². The molecule has 0 unspecified atom stereocenters. The molecule has 0 aliphatic carbocycles. The quantitative estimate of drug-likeness (QED) is 0.300. The monoisotopic (exact) mass is 446 g/mol. The lowest BCUT2D eigenvalue weighted by Gasteiger charge is -2.13. The maximum atomic E-state index is 13.3. The molecule has 0 aliphatic heterocycles. The Hall–Kier alpha value is -3.23. The Morgan fingerprint density at radius 2 is 1.84 bits per heavy atom. The molecule has 0 bridgehead atoms. The summed E-state index contributed by atoms with van der Waals surface area (Å²) in [6.07, 6.45) is 1.72. The van der Waals surface area contributed by atoms with E-state index in [2.05, 4.69) is 4.98 Å². The second-order valence-electron chi connectivity index (χ2n) is 7.22. The van der Waals surface area contributed by atoms with E-state index in [4.69, 9.17) is 4.98 Å². The number of aryl methyl sites for hydroxylation is 1. The zero-order valence-electron chi connectivity index (χ0n) is 16.7. The van der Waals surface area contributed by atoms with Gasteiger partial charge < -0.3 is 0 Å². The Balaban J connectivity index is 1.54. The summed E-state index contributed by atoms with van der Waals surface area (Å²) in [5, 5.41) is 3.04. The molecule has 154 valence electrons. The fourth-order valence-corrected chi connectivity index (χ4v) is 5.00. The van der Waals surface area contributed by atoms with Crippen LogP contribution in [0.2, 0.25) is 0 Å². The van der Waals surface area contributed by atoms with E-state index in [1.54, 1.807) is 16.8 Å². The van der Waals surface area contributed by atoms with Crippen molar-refractivity contribution in [3.63, 3.8) is 0 Å². The van der Waals surface area contributed by atoms with Gasteiger partial charge in [-0.15, -0.1) is 11.3 Å². The first-order valence-corrected chi connectivity index (χ1v) is 11.6. The smallest absolute Gasteiger partial charge is 0.262 e. The molecule has 2 aromatic carbocycles. The third-order valence-electron chi connectivity index (χ3n) is 4.99. The van der Waals surface area contributed by atoms with Crippen LogP contribution in [-0.4, -0.2) is 18.9 Å². The Labute approximate surface area is 185 Å². The summed E-state index contributed by atoms with van der Waals surface area (Å²) < 4.78 is 3.23. The molecule has 0 N–H and O–H groups in total. The van der Waals surface area contributed by atoms with Gasteiger partial charge >= 0.3 is 0 Å². The van der Waals surface area contributed by atoms with Gasteiger partial charge in [0.2, 0.25) is 0 Å². The van der Waals surface area contributed by atoms with E-state index in [1.807, 2.05) is 54.8 Å². The summed E-state index contributed by atoms with van der Waals surface area (Å²) in [7, 11) is 0. The molecule has 6 nitrogen and oxygen atoms in total. The van der Waals surface area contributed by atoms with Gasteiger partial charge in [0.25, 0.3) is 11.1 Å². The Kier molecular flexibility index (Phi) is 5.17. The largest absolute Gasteiger partial charge is 0.283 e. The van der Waals surface area contributed by atoms with Crippen molar-refractivity contribution in [1.29, 1.82) is 0 Å². The van der Waals surface area contributed by atoms with Gasteiger partial charge in [0.1, 0.15) is 0 Å². The minimum Gasteiger partial charge on any atom is -0.283 e. The Morgan fingerprint density at radius 3 is 2.68 bits per heavy atom. The third-order valence-corrected chi connectivity index (χ3v) is 6.76. The van der Waals surface area contributed by atoms with Crippen LogP contribution in [-0.2, 0) is 12.3 Å². The van der Waals surface area contributed by atoms with E-state index in [1.165, 1.54) is 39.1 Å². The molecular weight excluding hydrogens is 428 g/mol. The van der Waals surface area contributed by atoms with Crippen molar-refractivity contribution in [1.82, 2.24) is 18.9 Å². The highest BCUT2D eigenvalue weighted by Gasteiger charge is 2.13. The van der Waals surface area contributed by atoms with E-state index >= 15 is 0 Å². The fraction of sp³-hybridized carbons (Fsp3) is 0.130. The van der Waals surface area contributed by atoms with Crippen molar-refractivity contribution in [2.24, 2.45) is 0 Å². The zero-order valence-corrected chi connectivity index (χ0v) is 18.3. The maximum absolute atomic E-state index is 13.3. The van der Waals surface area contributed by atoms with E-state index in [0.717, 1.165) is 5.56 Å². The van der Waals surface area contributed by atoms with Crippen LogP contribution in [0, 0.1) is 6.92 Å². The van der Waals surface area contributed by atoms with Crippen LogP contribution >= 0.6 is 23.1 Å². The van der Waals surface area contributed by atoms with Gasteiger partial charge in [-0.3, -0.25) is 18.6 Å². The molecule has 5 rings (SSSR count). The van der Waals surface area contributed by atoms with Gasteiger partial charge in [-0.05, 0) is 24.6 Å². The molecule has 3 aromatic heterocycles. The van der Waals surface area contributed by atoms with Crippen molar-refractivity contribution in [2.45, 2.75) is 24.4 Å². The third kappa shape index (κ3) is 3.92. The summed E-state index contributed by atoms with van der Waals surface area (Å²) in [5.74, 6) is 0.447. The molecule has 0 radical (unpaired) electrons. The average Bonchev–Trinajstić information content (AvgIpc) is 3.25. The number of nitrogens with zero attached hydrogens (tertiary/aromatic N) is 4. The predicted octanol–water partition coefficient (Wildman–Crippen LogP) is 4.11.